The van der Waals surface area contributed by atoms with Gasteiger partial charge in [0.15, 0.2) is 5.88 Å². The van der Waals surface area contributed by atoms with Crippen molar-refractivity contribution in [1.82, 2.24) is 20.1 Å². The molecule has 0 bridgehead atoms. The van der Waals surface area contributed by atoms with Gasteiger partial charge in [0, 0.05) is 47.9 Å². The van der Waals surface area contributed by atoms with Crippen LogP contribution in [0.5, 0.6) is 0 Å². The summed E-state index contributed by atoms with van der Waals surface area (Å²) in [6.07, 6.45) is 3.49. The Morgan fingerprint density at radius 1 is 1.19 bits per heavy atom. The van der Waals surface area contributed by atoms with Crippen molar-refractivity contribution in [3.8, 4) is 0 Å². The first-order chi connectivity index (χ1) is 17.6. The van der Waals surface area contributed by atoms with Gasteiger partial charge in [-0.3, -0.25) is 9.59 Å². The summed E-state index contributed by atoms with van der Waals surface area (Å²) in [5.74, 6) is 0.151. The third-order valence-corrected chi connectivity index (χ3v) is 7.81. The fourth-order valence-electron chi connectivity index (χ4n) is 4.92. The molecule has 0 saturated carbocycles. The number of hydrogen-bond acceptors (Lipinski definition) is 6. The maximum Gasteiger partial charge on any atom is 0.254 e. The second kappa shape index (κ2) is 11.2. The van der Waals surface area contributed by atoms with Gasteiger partial charge in [0.2, 0.25) is 0 Å². The number of halogens is 1. The summed E-state index contributed by atoms with van der Waals surface area (Å²) in [6.45, 7) is 13.2. The van der Waals surface area contributed by atoms with Gasteiger partial charge in [-0.25, -0.2) is 9.37 Å². The molecule has 2 saturated heterocycles. The largest absolute Gasteiger partial charge is 0.474 e. The Morgan fingerprint density at radius 2 is 1.95 bits per heavy atom. The summed E-state index contributed by atoms with van der Waals surface area (Å²) in [4.78, 5) is 34.9. The van der Waals surface area contributed by atoms with Gasteiger partial charge in [0.05, 0.1) is 6.04 Å². The first-order valence-corrected chi connectivity index (χ1v) is 13.8. The molecule has 7 nitrogen and oxygen atoms in total. The number of carbonyl (C=O) groups excluding carboxylic acids is 2. The van der Waals surface area contributed by atoms with Crippen LogP contribution in [-0.4, -0.2) is 57.9 Å². The van der Waals surface area contributed by atoms with Crippen LogP contribution < -0.4 is 5.32 Å². The van der Waals surface area contributed by atoms with E-state index in [-0.39, 0.29) is 29.5 Å². The number of likely N-dealkylation sites (tertiary alicyclic amines) is 2. The standard InChI is InChI=1S/C28H37FN4O3S/c1-18-17-37-26(31-18)24-7-6-11-33(24)27(35)22-14-20(16-29)13-21(15-22)25(34)30-10-8-23-9-12-32(23)19(2)36-28(3,4)5/h13-15,17,23-24H,2,6-12,16H2,1,3-5H3,(H,30,34). The highest BCUT2D eigenvalue weighted by atomic mass is 32.1. The van der Waals surface area contributed by atoms with Crippen molar-refractivity contribution in [2.45, 2.75) is 77.7 Å². The van der Waals surface area contributed by atoms with E-state index in [1.54, 1.807) is 28.4 Å². The summed E-state index contributed by atoms with van der Waals surface area (Å²) in [6, 6.07) is 4.82. The molecule has 2 aromatic rings. The smallest absolute Gasteiger partial charge is 0.254 e. The second-order valence-electron chi connectivity index (χ2n) is 10.8. The molecule has 0 radical (unpaired) electrons. The number of benzene rings is 1. The van der Waals surface area contributed by atoms with Crippen molar-refractivity contribution >= 4 is 23.2 Å². The first kappa shape index (κ1) is 27.1. The summed E-state index contributed by atoms with van der Waals surface area (Å²) >= 11 is 1.56. The Hall–Kier alpha value is -2.94. The number of alkyl halides is 1. The molecule has 2 aliphatic heterocycles. The van der Waals surface area contributed by atoms with Crippen LogP contribution in [0.2, 0.25) is 0 Å². The average molecular weight is 529 g/mol. The molecular formula is C28H37FN4O3S. The van der Waals surface area contributed by atoms with Crippen LogP contribution >= 0.6 is 11.3 Å². The fourth-order valence-corrected chi connectivity index (χ4v) is 5.86. The molecule has 3 heterocycles. The predicted octanol–water partition coefficient (Wildman–Crippen LogP) is 5.38. The maximum atomic E-state index is 13.7. The molecule has 1 N–H and O–H groups in total. The molecule has 0 aliphatic carbocycles. The van der Waals surface area contributed by atoms with E-state index in [1.807, 2.05) is 33.1 Å². The predicted molar refractivity (Wildman–Crippen MR) is 143 cm³/mol. The third kappa shape index (κ3) is 6.50. The summed E-state index contributed by atoms with van der Waals surface area (Å²) in [5, 5.41) is 5.84. The molecule has 200 valence electrons. The van der Waals surface area contributed by atoms with Gasteiger partial charge in [-0.2, -0.15) is 0 Å². The number of ether oxygens (including phenoxy) is 1. The lowest BCUT2D eigenvalue weighted by Gasteiger charge is -2.44. The molecule has 0 spiro atoms. The zero-order valence-corrected chi connectivity index (χ0v) is 23.0. The van der Waals surface area contributed by atoms with Gasteiger partial charge in [-0.1, -0.05) is 0 Å². The lowest BCUT2D eigenvalue weighted by molar-refractivity contribution is -0.0368. The Labute approximate surface area is 222 Å². The van der Waals surface area contributed by atoms with Crippen molar-refractivity contribution < 1.29 is 18.7 Å². The van der Waals surface area contributed by atoms with Gasteiger partial charge in [0.25, 0.3) is 11.8 Å². The number of hydrogen-bond donors (Lipinski definition) is 1. The van der Waals surface area contributed by atoms with E-state index < -0.39 is 6.67 Å². The van der Waals surface area contributed by atoms with E-state index in [2.05, 4.69) is 21.8 Å². The lowest BCUT2D eigenvalue weighted by Crippen LogP contribution is -2.49. The van der Waals surface area contributed by atoms with Crippen LogP contribution in [-0.2, 0) is 11.4 Å². The zero-order valence-electron chi connectivity index (χ0n) is 22.2. The van der Waals surface area contributed by atoms with E-state index >= 15 is 0 Å². The number of nitrogens with zero attached hydrogens (tertiary/aromatic N) is 3. The number of rotatable bonds is 9. The van der Waals surface area contributed by atoms with Crippen molar-refractivity contribution in [2.75, 3.05) is 19.6 Å². The minimum atomic E-state index is -0.747. The van der Waals surface area contributed by atoms with Crippen LogP contribution in [0.25, 0.3) is 0 Å². The van der Waals surface area contributed by atoms with E-state index in [4.69, 9.17) is 4.74 Å². The molecule has 2 atom stereocenters. The van der Waals surface area contributed by atoms with Crippen molar-refractivity contribution in [3.05, 3.63) is 63.4 Å². The number of aromatic nitrogens is 1. The van der Waals surface area contributed by atoms with Crippen LogP contribution in [0.15, 0.2) is 36.0 Å². The quantitative estimate of drug-likeness (QED) is 0.443. The highest BCUT2D eigenvalue weighted by Crippen LogP contribution is 2.35. The highest BCUT2D eigenvalue weighted by molar-refractivity contribution is 7.09. The third-order valence-electron chi connectivity index (χ3n) is 6.74. The number of thiazole rings is 1. The number of aryl methyl sites for hydroxylation is 1. The fraction of sp³-hybridized carbons (Fsp3) is 0.536. The van der Waals surface area contributed by atoms with E-state index in [9.17, 15) is 14.0 Å². The van der Waals surface area contributed by atoms with Gasteiger partial charge in [-0.05, 0) is 83.7 Å². The summed E-state index contributed by atoms with van der Waals surface area (Å²) in [7, 11) is 0. The van der Waals surface area contributed by atoms with Gasteiger partial charge >= 0.3 is 0 Å². The van der Waals surface area contributed by atoms with E-state index in [0.717, 1.165) is 42.9 Å². The lowest BCUT2D eigenvalue weighted by atomic mass is 9.99. The normalized spacial score (nSPS) is 19.5. The summed E-state index contributed by atoms with van der Waals surface area (Å²) < 4.78 is 19.6. The van der Waals surface area contributed by atoms with Crippen LogP contribution in [0.4, 0.5) is 4.39 Å². The van der Waals surface area contributed by atoms with Crippen LogP contribution in [0.3, 0.4) is 0 Å². The van der Waals surface area contributed by atoms with Crippen molar-refractivity contribution in [2.24, 2.45) is 0 Å². The zero-order chi connectivity index (χ0) is 26.7. The van der Waals surface area contributed by atoms with Crippen molar-refractivity contribution in [1.29, 1.82) is 0 Å². The number of carbonyl (C=O) groups is 2. The molecular weight excluding hydrogens is 491 g/mol. The van der Waals surface area contributed by atoms with E-state index in [1.165, 1.54) is 6.07 Å². The van der Waals surface area contributed by atoms with Gasteiger partial charge < -0.3 is 19.9 Å². The molecule has 2 unspecified atom stereocenters. The monoisotopic (exact) mass is 528 g/mol. The molecule has 2 fully saturated rings. The Bertz CT molecular complexity index is 1160. The first-order valence-electron chi connectivity index (χ1n) is 12.9. The number of nitrogens with one attached hydrogen (secondary N) is 1. The number of amides is 2. The van der Waals surface area contributed by atoms with Crippen LogP contribution in [0.1, 0.15) is 89.5 Å². The second-order valence-corrected chi connectivity index (χ2v) is 11.7. The Balaban J connectivity index is 1.39. The highest BCUT2D eigenvalue weighted by Gasteiger charge is 2.33. The molecule has 1 aromatic heterocycles. The Morgan fingerprint density at radius 3 is 2.57 bits per heavy atom. The van der Waals surface area contributed by atoms with E-state index in [0.29, 0.717) is 35.7 Å². The molecule has 4 rings (SSSR count). The molecule has 37 heavy (non-hydrogen) atoms. The maximum absolute atomic E-state index is 13.7. The molecule has 2 aliphatic rings. The average Bonchev–Trinajstić information content (AvgIpc) is 3.47. The summed E-state index contributed by atoms with van der Waals surface area (Å²) in [5.41, 5.74) is 1.58. The van der Waals surface area contributed by atoms with Gasteiger partial charge in [0.1, 0.15) is 17.3 Å². The minimum Gasteiger partial charge on any atom is -0.474 e. The topological polar surface area (TPSA) is 74.8 Å². The SMILES string of the molecule is C=C(OC(C)(C)C)N1CCC1CCNC(=O)c1cc(CF)cc(C(=O)N2CCCC2c2nc(C)cs2)c1. The Kier molecular flexibility index (Phi) is 8.21. The molecule has 1 aromatic carbocycles. The van der Waals surface area contributed by atoms with Crippen molar-refractivity contribution in [3.63, 3.8) is 0 Å². The van der Waals surface area contributed by atoms with Gasteiger partial charge in [-0.15, -0.1) is 11.3 Å². The van der Waals surface area contributed by atoms with Crippen LogP contribution in [0, 0.1) is 6.92 Å². The molecule has 2 amide bonds. The molecule has 9 heteroatoms. The minimum absolute atomic E-state index is 0.0834.